The van der Waals surface area contributed by atoms with Gasteiger partial charge in [0.2, 0.25) is 11.8 Å². The monoisotopic (exact) mass is 250 g/mol. The summed E-state index contributed by atoms with van der Waals surface area (Å²) in [5, 5.41) is 2.69. The summed E-state index contributed by atoms with van der Waals surface area (Å²) in [4.78, 5) is 24.2. The molecule has 6 heteroatoms. The molecule has 0 spiro atoms. The maximum absolute atomic E-state index is 11.5. The smallest absolute Gasteiger partial charge is 0.248 e. The fraction of sp³-hybridized carbons (Fsp3) is 0.333. The molecule has 0 fully saturated rings. The number of likely N-dealkylation sites (N-methyl/N-ethyl adjacent to an activating group) is 2. The van der Waals surface area contributed by atoms with Gasteiger partial charge in [-0.3, -0.25) is 9.59 Å². The van der Waals surface area contributed by atoms with Gasteiger partial charge in [0.15, 0.2) is 0 Å². The maximum Gasteiger partial charge on any atom is 0.248 e. The largest absolute Gasteiger partial charge is 0.397 e. The number of nitrogens with zero attached hydrogens (tertiary/aromatic N) is 1. The van der Waals surface area contributed by atoms with Crippen molar-refractivity contribution in [1.29, 1.82) is 0 Å². The summed E-state index contributed by atoms with van der Waals surface area (Å²) in [6.07, 6.45) is 0. The predicted octanol–water partition coefficient (Wildman–Crippen LogP) is -0.0600. The van der Waals surface area contributed by atoms with Crippen LogP contribution < -0.4 is 21.7 Å². The molecule has 0 heterocycles. The van der Waals surface area contributed by atoms with Crippen LogP contribution in [0, 0.1) is 0 Å². The molecule has 1 aromatic carbocycles. The van der Waals surface area contributed by atoms with E-state index in [0.29, 0.717) is 23.5 Å². The number of carbonyl (C=O) groups excluding carboxylic acids is 2. The third kappa shape index (κ3) is 3.38. The average Bonchev–Trinajstić information content (AvgIpc) is 2.29. The Kier molecular flexibility index (Phi) is 4.53. The standard InChI is InChI=1S/C12H18N4O2/c1-3-15-11(17)7-16(2)10-6-8(12(14)18)4-5-9(10)13/h4-6H,3,7,13H2,1-2H3,(H2,14,18)(H,15,17). The van der Waals surface area contributed by atoms with Crippen LogP contribution in [-0.2, 0) is 4.79 Å². The Morgan fingerprint density at radius 1 is 1.39 bits per heavy atom. The van der Waals surface area contributed by atoms with E-state index in [9.17, 15) is 9.59 Å². The van der Waals surface area contributed by atoms with Gasteiger partial charge in [-0.2, -0.15) is 0 Å². The molecule has 2 amide bonds. The molecule has 5 N–H and O–H groups in total. The van der Waals surface area contributed by atoms with E-state index in [1.54, 1.807) is 30.1 Å². The molecule has 0 aliphatic heterocycles. The number of hydrogen-bond donors (Lipinski definition) is 3. The first-order valence-electron chi connectivity index (χ1n) is 5.62. The van der Waals surface area contributed by atoms with Gasteiger partial charge in [-0.15, -0.1) is 0 Å². The number of amides is 2. The summed E-state index contributed by atoms with van der Waals surface area (Å²) in [6, 6.07) is 4.74. The van der Waals surface area contributed by atoms with Gasteiger partial charge in [0.05, 0.1) is 17.9 Å². The number of nitrogen functional groups attached to an aromatic ring is 1. The first kappa shape index (κ1) is 13.8. The highest BCUT2D eigenvalue weighted by molar-refractivity contribution is 5.95. The molecule has 0 saturated carbocycles. The van der Waals surface area contributed by atoms with Gasteiger partial charge in [0.1, 0.15) is 0 Å². The summed E-state index contributed by atoms with van der Waals surface area (Å²) >= 11 is 0. The van der Waals surface area contributed by atoms with E-state index in [2.05, 4.69) is 5.32 Å². The van der Waals surface area contributed by atoms with E-state index in [0.717, 1.165) is 0 Å². The summed E-state index contributed by atoms with van der Waals surface area (Å²) < 4.78 is 0. The Bertz CT molecular complexity index is 459. The summed E-state index contributed by atoms with van der Waals surface area (Å²) in [5.74, 6) is -0.633. The molecule has 0 atom stereocenters. The van der Waals surface area contributed by atoms with Crippen LogP contribution in [0.15, 0.2) is 18.2 Å². The molecule has 18 heavy (non-hydrogen) atoms. The third-order valence-corrected chi connectivity index (χ3v) is 2.48. The van der Waals surface area contributed by atoms with Crippen LogP contribution in [0.1, 0.15) is 17.3 Å². The van der Waals surface area contributed by atoms with E-state index in [4.69, 9.17) is 11.5 Å². The van der Waals surface area contributed by atoms with Crippen LogP contribution >= 0.6 is 0 Å². The average molecular weight is 250 g/mol. The van der Waals surface area contributed by atoms with E-state index >= 15 is 0 Å². The van der Waals surface area contributed by atoms with Crippen molar-refractivity contribution in [1.82, 2.24) is 5.32 Å². The number of benzene rings is 1. The quantitative estimate of drug-likeness (QED) is 0.637. The molecule has 0 aliphatic carbocycles. The molecule has 0 radical (unpaired) electrons. The predicted molar refractivity (Wildman–Crippen MR) is 71.3 cm³/mol. The van der Waals surface area contributed by atoms with E-state index in [1.807, 2.05) is 6.92 Å². The van der Waals surface area contributed by atoms with Crippen LogP contribution in [0.4, 0.5) is 11.4 Å². The number of carbonyl (C=O) groups is 2. The van der Waals surface area contributed by atoms with Crippen molar-refractivity contribution < 1.29 is 9.59 Å². The summed E-state index contributed by atoms with van der Waals surface area (Å²) in [7, 11) is 1.73. The minimum Gasteiger partial charge on any atom is -0.397 e. The molecule has 0 aliphatic rings. The van der Waals surface area contributed by atoms with Gasteiger partial charge in [0, 0.05) is 19.2 Å². The van der Waals surface area contributed by atoms with Crippen molar-refractivity contribution in [3.63, 3.8) is 0 Å². The lowest BCUT2D eigenvalue weighted by atomic mass is 10.1. The lowest BCUT2D eigenvalue weighted by Crippen LogP contribution is -2.35. The number of rotatable bonds is 5. The fourth-order valence-electron chi connectivity index (χ4n) is 1.58. The molecular weight excluding hydrogens is 232 g/mol. The number of anilines is 2. The Labute approximate surface area is 106 Å². The van der Waals surface area contributed by atoms with Crippen LogP contribution in [0.3, 0.4) is 0 Å². The molecule has 0 unspecified atom stereocenters. The molecule has 0 aromatic heterocycles. The van der Waals surface area contributed by atoms with Crippen molar-refractivity contribution in [3.05, 3.63) is 23.8 Å². The van der Waals surface area contributed by atoms with Crippen molar-refractivity contribution in [2.24, 2.45) is 5.73 Å². The summed E-state index contributed by atoms with van der Waals surface area (Å²) in [5.41, 5.74) is 12.5. The second kappa shape index (κ2) is 5.90. The lowest BCUT2D eigenvalue weighted by Gasteiger charge is -2.20. The minimum atomic E-state index is -0.525. The maximum atomic E-state index is 11.5. The molecular formula is C12H18N4O2. The van der Waals surface area contributed by atoms with Crippen LogP contribution in [0.5, 0.6) is 0 Å². The zero-order valence-electron chi connectivity index (χ0n) is 10.6. The highest BCUT2D eigenvalue weighted by Gasteiger charge is 2.11. The second-order valence-corrected chi connectivity index (χ2v) is 3.95. The zero-order valence-corrected chi connectivity index (χ0v) is 10.6. The lowest BCUT2D eigenvalue weighted by molar-refractivity contribution is -0.119. The van der Waals surface area contributed by atoms with Crippen LogP contribution in [0.2, 0.25) is 0 Å². The number of primary amides is 1. The van der Waals surface area contributed by atoms with E-state index in [1.165, 1.54) is 0 Å². The van der Waals surface area contributed by atoms with Crippen LogP contribution in [0.25, 0.3) is 0 Å². The van der Waals surface area contributed by atoms with Gasteiger partial charge >= 0.3 is 0 Å². The Morgan fingerprint density at radius 2 is 2.06 bits per heavy atom. The first-order valence-corrected chi connectivity index (χ1v) is 5.62. The van der Waals surface area contributed by atoms with E-state index in [-0.39, 0.29) is 12.5 Å². The third-order valence-electron chi connectivity index (χ3n) is 2.48. The number of nitrogens with one attached hydrogen (secondary N) is 1. The Morgan fingerprint density at radius 3 is 2.61 bits per heavy atom. The normalized spacial score (nSPS) is 9.89. The van der Waals surface area contributed by atoms with Crippen molar-refractivity contribution in [3.8, 4) is 0 Å². The van der Waals surface area contributed by atoms with E-state index < -0.39 is 5.91 Å². The van der Waals surface area contributed by atoms with Crippen molar-refractivity contribution >= 4 is 23.2 Å². The van der Waals surface area contributed by atoms with Gasteiger partial charge in [-0.1, -0.05) is 0 Å². The van der Waals surface area contributed by atoms with Gasteiger partial charge < -0.3 is 21.7 Å². The van der Waals surface area contributed by atoms with Crippen molar-refractivity contribution in [2.45, 2.75) is 6.92 Å². The highest BCUT2D eigenvalue weighted by Crippen LogP contribution is 2.23. The highest BCUT2D eigenvalue weighted by atomic mass is 16.2. The molecule has 6 nitrogen and oxygen atoms in total. The zero-order chi connectivity index (χ0) is 13.7. The topological polar surface area (TPSA) is 101 Å². The second-order valence-electron chi connectivity index (χ2n) is 3.95. The first-order chi connectivity index (χ1) is 8.45. The molecule has 98 valence electrons. The number of hydrogen-bond acceptors (Lipinski definition) is 4. The summed E-state index contributed by atoms with van der Waals surface area (Å²) in [6.45, 7) is 2.59. The van der Waals surface area contributed by atoms with Crippen molar-refractivity contribution in [2.75, 3.05) is 30.8 Å². The number of nitrogens with two attached hydrogens (primary N) is 2. The van der Waals surface area contributed by atoms with Crippen LogP contribution in [-0.4, -0.2) is 32.0 Å². The molecule has 0 saturated heterocycles. The molecule has 1 rings (SSSR count). The van der Waals surface area contributed by atoms with Gasteiger partial charge in [-0.25, -0.2) is 0 Å². The minimum absolute atomic E-state index is 0.108. The van der Waals surface area contributed by atoms with Gasteiger partial charge in [0.25, 0.3) is 0 Å². The molecule has 0 bridgehead atoms. The van der Waals surface area contributed by atoms with Gasteiger partial charge in [-0.05, 0) is 25.1 Å². The Balaban J connectivity index is 2.90. The molecule has 1 aromatic rings. The Hall–Kier alpha value is -2.24. The fourth-order valence-corrected chi connectivity index (χ4v) is 1.58. The SMILES string of the molecule is CCNC(=O)CN(C)c1cc(C(N)=O)ccc1N.